The predicted molar refractivity (Wildman–Crippen MR) is 71.6 cm³/mol. The molecule has 0 saturated heterocycles. The fourth-order valence-electron chi connectivity index (χ4n) is 1.08. The summed E-state index contributed by atoms with van der Waals surface area (Å²) in [5.74, 6) is 0.0517. The van der Waals surface area contributed by atoms with Gasteiger partial charge in [-0.3, -0.25) is 4.79 Å². The Balaban J connectivity index is 2.37. The maximum absolute atomic E-state index is 11.6. The fourth-order valence-corrected chi connectivity index (χ4v) is 2.56. The van der Waals surface area contributed by atoms with Crippen LogP contribution >= 0.6 is 27.3 Å². The van der Waals surface area contributed by atoms with Crippen molar-refractivity contribution < 1.29 is 4.79 Å². The monoisotopic (exact) mass is 304 g/mol. The third-order valence-corrected chi connectivity index (χ3v) is 3.90. The van der Waals surface area contributed by atoms with Crippen molar-refractivity contribution in [2.45, 2.75) is 20.3 Å². The zero-order valence-corrected chi connectivity index (χ0v) is 12.0. The lowest BCUT2D eigenvalue weighted by molar-refractivity contribution is -0.120. The van der Waals surface area contributed by atoms with E-state index in [1.165, 1.54) is 0 Å². The molecular formula is C11H17BrN2OS. The minimum Gasteiger partial charge on any atom is -0.355 e. The van der Waals surface area contributed by atoms with Gasteiger partial charge >= 0.3 is 0 Å². The van der Waals surface area contributed by atoms with Gasteiger partial charge < -0.3 is 11.1 Å². The van der Waals surface area contributed by atoms with Gasteiger partial charge in [-0.15, -0.1) is 11.3 Å². The van der Waals surface area contributed by atoms with Crippen molar-refractivity contribution in [1.82, 2.24) is 5.32 Å². The second-order valence-corrected chi connectivity index (χ2v) is 7.08. The van der Waals surface area contributed by atoms with Crippen molar-refractivity contribution in [1.29, 1.82) is 0 Å². The topological polar surface area (TPSA) is 55.1 Å². The molecule has 3 N–H and O–H groups in total. The zero-order chi connectivity index (χ0) is 12.2. The molecule has 0 aliphatic rings. The van der Waals surface area contributed by atoms with Crippen LogP contribution in [0.2, 0.25) is 0 Å². The van der Waals surface area contributed by atoms with Crippen LogP contribution in [-0.4, -0.2) is 19.0 Å². The zero-order valence-electron chi connectivity index (χ0n) is 9.55. The summed E-state index contributed by atoms with van der Waals surface area (Å²) in [7, 11) is 0. The number of nitrogens with two attached hydrogens (primary N) is 1. The number of thiophene rings is 1. The first-order valence-electron chi connectivity index (χ1n) is 5.14. The van der Waals surface area contributed by atoms with Crippen molar-refractivity contribution >= 4 is 33.2 Å². The second kappa shape index (κ2) is 5.80. The minimum absolute atomic E-state index is 0.0360. The van der Waals surface area contributed by atoms with E-state index >= 15 is 0 Å². The average molecular weight is 305 g/mol. The molecule has 0 unspecified atom stereocenters. The number of hydrogen-bond donors (Lipinski definition) is 2. The minimum atomic E-state index is -0.0360. The van der Waals surface area contributed by atoms with Crippen molar-refractivity contribution in [3.05, 3.63) is 20.8 Å². The lowest BCUT2D eigenvalue weighted by atomic mass is 9.94. The van der Waals surface area contributed by atoms with E-state index < -0.39 is 0 Å². The molecule has 0 bridgehead atoms. The Kier molecular flexibility index (Phi) is 4.95. The molecule has 90 valence electrons. The molecule has 0 spiro atoms. The molecule has 0 fully saturated rings. The summed E-state index contributed by atoms with van der Waals surface area (Å²) in [4.78, 5) is 12.7. The standard InChI is InChI=1S/C11H17BrN2OS/c1-11(2,6-13)7-14-10(15)5-8-3-4-9(12)16-8/h3-4H,5-7,13H2,1-2H3,(H,14,15). The van der Waals surface area contributed by atoms with Gasteiger partial charge in [0.15, 0.2) is 0 Å². The number of carbonyl (C=O) groups is 1. The normalized spacial score (nSPS) is 11.5. The molecule has 0 saturated carbocycles. The van der Waals surface area contributed by atoms with Crippen LogP contribution in [0.5, 0.6) is 0 Å². The van der Waals surface area contributed by atoms with E-state index in [4.69, 9.17) is 5.73 Å². The van der Waals surface area contributed by atoms with Gasteiger partial charge in [0, 0.05) is 11.4 Å². The SMILES string of the molecule is CC(C)(CN)CNC(=O)Cc1ccc(Br)s1. The van der Waals surface area contributed by atoms with Crippen molar-refractivity contribution in [3.63, 3.8) is 0 Å². The number of halogens is 1. The molecule has 0 radical (unpaired) electrons. The van der Waals surface area contributed by atoms with Gasteiger partial charge in [0.05, 0.1) is 10.2 Å². The highest BCUT2D eigenvalue weighted by Gasteiger charge is 2.16. The predicted octanol–water partition coefficient (Wildman–Crippen LogP) is 2.15. The van der Waals surface area contributed by atoms with E-state index in [1.807, 2.05) is 26.0 Å². The Morgan fingerprint density at radius 3 is 2.75 bits per heavy atom. The van der Waals surface area contributed by atoms with Gasteiger partial charge in [0.25, 0.3) is 0 Å². The summed E-state index contributed by atoms with van der Waals surface area (Å²) in [5.41, 5.74) is 5.56. The van der Waals surface area contributed by atoms with Crippen LogP contribution in [0.4, 0.5) is 0 Å². The molecule has 1 aromatic heterocycles. The van der Waals surface area contributed by atoms with E-state index in [0.717, 1.165) is 8.66 Å². The van der Waals surface area contributed by atoms with Crippen molar-refractivity contribution in [2.75, 3.05) is 13.1 Å². The highest BCUT2D eigenvalue weighted by molar-refractivity contribution is 9.11. The molecule has 3 nitrogen and oxygen atoms in total. The quantitative estimate of drug-likeness (QED) is 0.876. The van der Waals surface area contributed by atoms with E-state index in [-0.39, 0.29) is 11.3 Å². The molecule has 0 aliphatic heterocycles. The molecule has 1 rings (SSSR count). The van der Waals surface area contributed by atoms with Crippen LogP contribution in [-0.2, 0) is 11.2 Å². The number of carbonyl (C=O) groups excluding carboxylic acids is 1. The lowest BCUT2D eigenvalue weighted by Gasteiger charge is -2.22. The molecule has 0 aliphatic carbocycles. The third-order valence-electron chi connectivity index (χ3n) is 2.28. The van der Waals surface area contributed by atoms with Crippen LogP contribution in [0.1, 0.15) is 18.7 Å². The van der Waals surface area contributed by atoms with Crippen LogP contribution in [0.3, 0.4) is 0 Å². The first-order chi connectivity index (χ1) is 7.43. The Labute approximate surface area is 109 Å². The molecule has 0 atom stereocenters. The van der Waals surface area contributed by atoms with Crippen LogP contribution < -0.4 is 11.1 Å². The van der Waals surface area contributed by atoms with E-state index in [1.54, 1.807) is 11.3 Å². The Morgan fingerprint density at radius 1 is 1.56 bits per heavy atom. The van der Waals surface area contributed by atoms with Crippen molar-refractivity contribution in [3.8, 4) is 0 Å². The highest BCUT2D eigenvalue weighted by Crippen LogP contribution is 2.22. The molecule has 1 amide bonds. The van der Waals surface area contributed by atoms with E-state index in [2.05, 4.69) is 21.2 Å². The number of rotatable bonds is 5. The summed E-state index contributed by atoms with van der Waals surface area (Å²) >= 11 is 4.96. The number of amides is 1. The summed E-state index contributed by atoms with van der Waals surface area (Å²) in [6, 6.07) is 3.92. The van der Waals surface area contributed by atoms with Crippen molar-refractivity contribution in [2.24, 2.45) is 11.1 Å². The fraction of sp³-hybridized carbons (Fsp3) is 0.545. The average Bonchev–Trinajstić information content (AvgIpc) is 2.61. The lowest BCUT2D eigenvalue weighted by Crippen LogP contribution is -2.38. The largest absolute Gasteiger partial charge is 0.355 e. The molecule has 1 aromatic rings. The molecule has 16 heavy (non-hydrogen) atoms. The van der Waals surface area contributed by atoms with Crippen LogP contribution in [0.15, 0.2) is 15.9 Å². The van der Waals surface area contributed by atoms with Gasteiger partial charge in [0.1, 0.15) is 0 Å². The molecule has 5 heteroatoms. The summed E-state index contributed by atoms with van der Waals surface area (Å²) in [6.07, 6.45) is 0.441. The number of hydrogen-bond acceptors (Lipinski definition) is 3. The van der Waals surface area contributed by atoms with Gasteiger partial charge in [0.2, 0.25) is 5.91 Å². The van der Waals surface area contributed by atoms with E-state index in [0.29, 0.717) is 19.5 Å². The summed E-state index contributed by atoms with van der Waals surface area (Å²) in [6.45, 7) is 5.26. The van der Waals surface area contributed by atoms with E-state index in [9.17, 15) is 4.79 Å². The maximum atomic E-state index is 11.6. The van der Waals surface area contributed by atoms with Gasteiger partial charge in [-0.25, -0.2) is 0 Å². The van der Waals surface area contributed by atoms with Gasteiger partial charge in [-0.05, 0) is 40.0 Å². The van der Waals surface area contributed by atoms with Gasteiger partial charge in [-0.2, -0.15) is 0 Å². The second-order valence-electron chi connectivity index (χ2n) is 4.53. The van der Waals surface area contributed by atoms with Gasteiger partial charge in [-0.1, -0.05) is 13.8 Å². The number of nitrogens with one attached hydrogen (secondary N) is 1. The van der Waals surface area contributed by atoms with Crippen LogP contribution in [0, 0.1) is 5.41 Å². The van der Waals surface area contributed by atoms with Crippen LogP contribution in [0.25, 0.3) is 0 Å². The summed E-state index contributed by atoms with van der Waals surface area (Å²) in [5, 5.41) is 2.90. The maximum Gasteiger partial charge on any atom is 0.225 e. The first-order valence-corrected chi connectivity index (χ1v) is 6.75. The smallest absolute Gasteiger partial charge is 0.225 e. The Bertz CT molecular complexity index is 363. The highest BCUT2D eigenvalue weighted by atomic mass is 79.9. The Morgan fingerprint density at radius 2 is 2.25 bits per heavy atom. The first kappa shape index (κ1) is 13.7. The molecule has 1 heterocycles. The Hall–Kier alpha value is -0.390. The summed E-state index contributed by atoms with van der Waals surface area (Å²) < 4.78 is 1.05. The third kappa shape index (κ3) is 4.63. The molecular weight excluding hydrogens is 288 g/mol. The molecule has 0 aromatic carbocycles.